The van der Waals surface area contributed by atoms with Crippen LogP contribution < -0.4 is 14.2 Å². The van der Waals surface area contributed by atoms with Gasteiger partial charge in [-0.05, 0) is 36.6 Å². The van der Waals surface area contributed by atoms with Crippen LogP contribution in [0.1, 0.15) is 24.4 Å². The molecule has 1 saturated heterocycles. The number of hydrogen-bond acceptors (Lipinski definition) is 7. The van der Waals surface area contributed by atoms with E-state index in [2.05, 4.69) is 0 Å². The SMILES string of the molecule is COc1ccc([C@@H]2CCCN2S(=O)(=O)c2cc([N+](=O)[O-])ccc2OC)cc1OC. The van der Waals surface area contributed by atoms with Crippen LogP contribution in [0.15, 0.2) is 41.3 Å². The maximum Gasteiger partial charge on any atom is 0.271 e. The minimum atomic E-state index is -4.04. The molecule has 0 bridgehead atoms. The van der Waals surface area contributed by atoms with Gasteiger partial charge < -0.3 is 14.2 Å². The molecule has 0 unspecified atom stereocenters. The minimum Gasteiger partial charge on any atom is -0.495 e. The average molecular weight is 422 g/mol. The summed E-state index contributed by atoms with van der Waals surface area (Å²) in [5.41, 5.74) is 0.444. The Bertz CT molecular complexity index is 1020. The molecule has 0 amide bonds. The Labute approximate surface area is 169 Å². The van der Waals surface area contributed by atoms with E-state index in [-0.39, 0.29) is 16.3 Å². The average Bonchev–Trinajstić information content (AvgIpc) is 3.23. The fraction of sp³-hybridized carbons (Fsp3) is 0.368. The van der Waals surface area contributed by atoms with Gasteiger partial charge in [-0.15, -0.1) is 0 Å². The minimum absolute atomic E-state index is 0.0635. The first-order valence-corrected chi connectivity index (χ1v) is 10.3. The third kappa shape index (κ3) is 3.85. The molecule has 0 spiro atoms. The molecule has 0 N–H and O–H groups in total. The molecule has 0 radical (unpaired) electrons. The molecule has 0 aliphatic carbocycles. The Morgan fingerprint density at radius 2 is 1.66 bits per heavy atom. The second kappa shape index (κ2) is 8.26. The van der Waals surface area contributed by atoms with Crippen LogP contribution in [0.3, 0.4) is 0 Å². The predicted molar refractivity (Wildman–Crippen MR) is 105 cm³/mol. The highest BCUT2D eigenvalue weighted by Crippen LogP contribution is 2.41. The van der Waals surface area contributed by atoms with Crippen LogP contribution in [-0.4, -0.2) is 45.5 Å². The van der Waals surface area contributed by atoms with Crippen molar-refractivity contribution in [2.24, 2.45) is 0 Å². The number of rotatable bonds is 7. The van der Waals surface area contributed by atoms with Gasteiger partial charge in [-0.2, -0.15) is 4.31 Å². The Balaban J connectivity index is 2.05. The van der Waals surface area contributed by atoms with Crippen molar-refractivity contribution in [3.05, 3.63) is 52.1 Å². The van der Waals surface area contributed by atoms with Crippen LogP contribution in [0.2, 0.25) is 0 Å². The van der Waals surface area contributed by atoms with Gasteiger partial charge in [0.15, 0.2) is 11.5 Å². The topological polar surface area (TPSA) is 108 Å². The zero-order valence-electron chi connectivity index (χ0n) is 16.3. The van der Waals surface area contributed by atoms with E-state index in [1.54, 1.807) is 18.2 Å². The molecule has 29 heavy (non-hydrogen) atoms. The van der Waals surface area contributed by atoms with Crippen molar-refractivity contribution in [2.75, 3.05) is 27.9 Å². The maximum atomic E-state index is 13.4. The number of nitrogens with zero attached hydrogens (tertiary/aromatic N) is 2. The number of benzene rings is 2. The second-order valence-electron chi connectivity index (χ2n) is 6.48. The summed E-state index contributed by atoms with van der Waals surface area (Å²) in [5.74, 6) is 1.11. The molecule has 10 heteroatoms. The third-order valence-corrected chi connectivity index (χ3v) is 6.87. The molecule has 9 nitrogen and oxygen atoms in total. The lowest BCUT2D eigenvalue weighted by Crippen LogP contribution is -2.31. The van der Waals surface area contributed by atoms with Crippen molar-refractivity contribution in [3.8, 4) is 17.2 Å². The number of methoxy groups -OCH3 is 3. The van der Waals surface area contributed by atoms with Gasteiger partial charge in [0.2, 0.25) is 10.0 Å². The van der Waals surface area contributed by atoms with Crippen LogP contribution in [-0.2, 0) is 10.0 Å². The molecule has 156 valence electrons. The summed E-state index contributed by atoms with van der Waals surface area (Å²) in [6, 6.07) is 8.40. The zero-order valence-corrected chi connectivity index (χ0v) is 17.1. The van der Waals surface area contributed by atoms with Crippen molar-refractivity contribution in [1.29, 1.82) is 0 Å². The molecular formula is C19H22N2O7S. The van der Waals surface area contributed by atoms with Gasteiger partial charge in [-0.25, -0.2) is 8.42 Å². The van der Waals surface area contributed by atoms with E-state index in [9.17, 15) is 18.5 Å². The van der Waals surface area contributed by atoms with Crippen LogP contribution in [0.25, 0.3) is 0 Å². The summed E-state index contributed by atoms with van der Waals surface area (Å²) in [5, 5.41) is 11.1. The molecule has 1 heterocycles. The van der Waals surface area contributed by atoms with Gasteiger partial charge in [-0.1, -0.05) is 6.07 Å². The number of nitro benzene ring substituents is 1. The third-order valence-electron chi connectivity index (χ3n) is 4.94. The van der Waals surface area contributed by atoms with Crippen molar-refractivity contribution in [1.82, 2.24) is 4.31 Å². The van der Waals surface area contributed by atoms with Crippen molar-refractivity contribution >= 4 is 15.7 Å². The van der Waals surface area contributed by atoms with Crippen molar-refractivity contribution in [3.63, 3.8) is 0 Å². The summed E-state index contributed by atoms with van der Waals surface area (Å²) in [6.45, 7) is 0.299. The zero-order chi connectivity index (χ0) is 21.2. The fourth-order valence-electron chi connectivity index (χ4n) is 3.53. The highest BCUT2D eigenvalue weighted by atomic mass is 32.2. The number of ether oxygens (including phenoxy) is 3. The van der Waals surface area contributed by atoms with Gasteiger partial charge in [-0.3, -0.25) is 10.1 Å². The summed E-state index contributed by atoms with van der Waals surface area (Å²) < 4.78 is 43.9. The number of hydrogen-bond donors (Lipinski definition) is 0. The van der Waals surface area contributed by atoms with Gasteiger partial charge in [0, 0.05) is 18.7 Å². The van der Waals surface area contributed by atoms with Crippen molar-refractivity contribution in [2.45, 2.75) is 23.8 Å². The largest absolute Gasteiger partial charge is 0.495 e. The highest BCUT2D eigenvalue weighted by Gasteiger charge is 2.38. The van der Waals surface area contributed by atoms with Gasteiger partial charge >= 0.3 is 0 Å². The summed E-state index contributed by atoms with van der Waals surface area (Å²) in [4.78, 5) is 10.3. The van der Waals surface area contributed by atoms with E-state index >= 15 is 0 Å². The number of non-ortho nitro benzene ring substituents is 1. The molecule has 0 saturated carbocycles. The van der Waals surface area contributed by atoms with E-state index < -0.39 is 21.0 Å². The molecule has 1 atom stereocenters. The number of nitro groups is 1. The standard InChI is InChI=1S/C19H22N2O7S/c1-26-16-8-6-13(11-18(16)28-3)15-5-4-10-20(15)29(24,25)19-12-14(21(22)23)7-9-17(19)27-2/h6-9,11-12,15H,4-5,10H2,1-3H3/t15-/m0/s1. The first kappa shape index (κ1) is 20.9. The lowest BCUT2D eigenvalue weighted by Gasteiger charge is -2.25. The summed E-state index contributed by atoms with van der Waals surface area (Å²) in [7, 11) is 0.330. The maximum absolute atomic E-state index is 13.4. The van der Waals surface area contributed by atoms with Crippen LogP contribution in [0.4, 0.5) is 5.69 Å². The van der Waals surface area contributed by atoms with Crippen LogP contribution >= 0.6 is 0 Å². The Hall–Kier alpha value is -2.85. The quantitative estimate of drug-likeness (QED) is 0.498. The Kier molecular flexibility index (Phi) is 5.94. The second-order valence-corrected chi connectivity index (χ2v) is 8.34. The molecule has 2 aromatic rings. The lowest BCUT2D eigenvalue weighted by atomic mass is 10.0. The molecule has 1 aliphatic rings. The molecule has 2 aromatic carbocycles. The fourth-order valence-corrected chi connectivity index (χ4v) is 5.39. The van der Waals surface area contributed by atoms with Crippen LogP contribution in [0.5, 0.6) is 17.2 Å². The smallest absolute Gasteiger partial charge is 0.271 e. The summed E-state index contributed by atoms with van der Waals surface area (Å²) in [6.07, 6.45) is 1.28. The van der Waals surface area contributed by atoms with E-state index in [0.717, 1.165) is 11.6 Å². The molecule has 0 aromatic heterocycles. The summed E-state index contributed by atoms with van der Waals surface area (Å²) >= 11 is 0. The monoisotopic (exact) mass is 422 g/mol. The predicted octanol–water partition coefficient (Wildman–Crippen LogP) is 3.15. The van der Waals surface area contributed by atoms with E-state index in [4.69, 9.17) is 14.2 Å². The first-order valence-electron chi connectivity index (χ1n) is 8.89. The lowest BCUT2D eigenvalue weighted by molar-refractivity contribution is -0.385. The van der Waals surface area contributed by atoms with Gasteiger partial charge in [0.25, 0.3) is 5.69 Å². The first-order chi connectivity index (χ1) is 13.8. The van der Waals surface area contributed by atoms with Gasteiger partial charge in [0.05, 0.1) is 32.3 Å². The van der Waals surface area contributed by atoms with Gasteiger partial charge in [0.1, 0.15) is 10.6 Å². The Morgan fingerprint density at radius 1 is 1.00 bits per heavy atom. The molecular weight excluding hydrogens is 400 g/mol. The molecule has 1 fully saturated rings. The van der Waals surface area contributed by atoms with Crippen LogP contribution in [0, 0.1) is 10.1 Å². The van der Waals surface area contributed by atoms with E-state index in [1.165, 1.54) is 37.8 Å². The Morgan fingerprint density at radius 3 is 2.28 bits per heavy atom. The normalized spacial score (nSPS) is 17.1. The molecule has 1 aliphatic heterocycles. The molecule has 3 rings (SSSR count). The van der Waals surface area contributed by atoms with E-state index in [1.807, 2.05) is 0 Å². The highest BCUT2D eigenvalue weighted by molar-refractivity contribution is 7.89. The van der Waals surface area contributed by atoms with Crippen molar-refractivity contribution < 1.29 is 27.6 Å². The number of sulfonamides is 1. The van der Waals surface area contributed by atoms with E-state index in [0.29, 0.717) is 30.9 Å².